The SMILES string of the molecule is COC(=O)[C@@]1(C)CC[C@@H](N)C1(C)C. The Labute approximate surface area is 79.6 Å². The fourth-order valence-corrected chi connectivity index (χ4v) is 2.13. The first kappa shape index (κ1) is 10.5. The topological polar surface area (TPSA) is 52.3 Å². The van der Waals surface area contributed by atoms with Gasteiger partial charge in [0.1, 0.15) is 0 Å². The number of hydrogen-bond donors (Lipinski definition) is 1. The molecule has 1 fully saturated rings. The lowest BCUT2D eigenvalue weighted by Gasteiger charge is -2.37. The fourth-order valence-electron chi connectivity index (χ4n) is 2.13. The van der Waals surface area contributed by atoms with Gasteiger partial charge in [-0.05, 0) is 25.2 Å². The second kappa shape index (κ2) is 2.98. The zero-order valence-corrected chi connectivity index (χ0v) is 8.89. The fraction of sp³-hybridized carbons (Fsp3) is 0.900. The van der Waals surface area contributed by atoms with E-state index in [-0.39, 0.29) is 17.4 Å². The molecule has 13 heavy (non-hydrogen) atoms. The predicted octanol–water partition coefficient (Wildman–Crippen LogP) is 1.31. The summed E-state index contributed by atoms with van der Waals surface area (Å²) in [7, 11) is 1.44. The third-order valence-corrected chi connectivity index (χ3v) is 3.94. The third-order valence-electron chi connectivity index (χ3n) is 3.94. The number of carbonyl (C=O) groups is 1. The lowest BCUT2D eigenvalue weighted by Crippen LogP contribution is -2.46. The van der Waals surface area contributed by atoms with Gasteiger partial charge in [0.2, 0.25) is 0 Å². The van der Waals surface area contributed by atoms with Crippen molar-refractivity contribution in [3.8, 4) is 0 Å². The van der Waals surface area contributed by atoms with Gasteiger partial charge in [-0.1, -0.05) is 13.8 Å². The second-order valence-electron chi connectivity index (χ2n) is 4.69. The molecule has 0 radical (unpaired) electrons. The minimum atomic E-state index is -0.416. The van der Waals surface area contributed by atoms with Crippen LogP contribution in [0.2, 0.25) is 0 Å². The first-order valence-electron chi connectivity index (χ1n) is 4.70. The molecule has 0 bridgehead atoms. The first-order chi connectivity index (χ1) is 5.86. The van der Waals surface area contributed by atoms with Crippen molar-refractivity contribution in [2.75, 3.05) is 7.11 Å². The normalized spacial score (nSPS) is 37.5. The highest BCUT2D eigenvalue weighted by Gasteiger charge is 2.55. The maximum Gasteiger partial charge on any atom is 0.312 e. The van der Waals surface area contributed by atoms with Gasteiger partial charge in [-0.15, -0.1) is 0 Å². The predicted molar refractivity (Wildman–Crippen MR) is 51.1 cm³/mol. The molecule has 0 aromatic heterocycles. The van der Waals surface area contributed by atoms with Crippen LogP contribution < -0.4 is 5.73 Å². The van der Waals surface area contributed by atoms with E-state index in [0.717, 1.165) is 12.8 Å². The lowest BCUT2D eigenvalue weighted by molar-refractivity contribution is -0.157. The maximum absolute atomic E-state index is 11.6. The minimum Gasteiger partial charge on any atom is -0.469 e. The molecule has 1 aliphatic carbocycles. The third kappa shape index (κ3) is 1.26. The summed E-state index contributed by atoms with van der Waals surface area (Å²) < 4.78 is 4.83. The van der Waals surface area contributed by atoms with Gasteiger partial charge >= 0.3 is 5.97 Å². The van der Waals surface area contributed by atoms with E-state index in [2.05, 4.69) is 0 Å². The van der Waals surface area contributed by atoms with Crippen LogP contribution in [0.3, 0.4) is 0 Å². The maximum atomic E-state index is 11.6. The molecule has 3 heteroatoms. The van der Waals surface area contributed by atoms with Gasteiger partial charge in [0.05, 0.1) is 12.5 Å². The van der Waals surface area contributed by atoms with E-state index in [0.29, 0.717) is 0 Å². The highest BCUT2D eigenvalue weighted by atomic mass is 16.5. The van der Waals surface area contributed by atoms with Gasteiger partial charge < -0.3 is 10.5 Å². The summed E-state index contributed by atoms with van der Waals surface area (Å²) >= 11 is 0. The molecular formula is C10H19NO2. The van der Waals surface area contributed by atoms with Crippen molar-refractivity contribution >= 4 is 5.97 Å². The van der Waals surface area contributed by atoms with Crippen LogP contribution in [-0.2, 0) is 9.53 Å². The average molecular weight is 185 g/mol. The van der Waals surface area contributed by atoms with Crippen LogP contribution in [0.15, 0.2) is 0 Å². The quantitative estimate of drug-likeness (QED) is 0.627. The lowest BCUT2D eigenvalue weighted by atomic mass is 9.68. The number of rotatable bonds is 1. The summed E-state index contributed by atoms with van der Waals surface area (Å²) in [6, 6.07) is 0.0941. The van der Waals surface area contributed by atoms with Crippen molar-refractivity contribution in [1.29, 1.82) is 0 Å². The summed E-state index contributed by atoms with van der Waals surface area (Å²) in [6.45, 7) is 6.04. The molecule has 0 aromatic carbocycles. The molecule has 2 N–H and O–H groups in total. The summed E-state index contributed by atoms with van der Waals surface area (Å²) in [6.07, 6.45) is 1.73. The first-order valence-corrected chi connectivity index (χ1v) is 4.70. The highest BCUT2D eigenvalue weighted by molar-refractivity contribution is 5.78. The van der Waals surface area contributed by atoms with Crippen LogP contribution in [0, 0.1) is 10.8 Å². The Balaban J connectivity index is 2.98. The van der Waals surface area contributed by atoms with E-state index in [4.69, 9.17) is 10.5 Å². The van der Waals surface area contributed by atoms with Crippen LogP contribution in [-0.4, -0.2) is 19.1 Å². The number of methoxy groups -OCH3 is 1. The van der Waals surface area contributed by atoms with Crippen molar-refractivity contribution in [1.82, 2.24) is 0 Å². The average Bonchev–Trinajstić information content (AvgIpc) is 2.29. The summed E-state index contributed by atoms with van der Waals surface area (Å²) in [5, 5.41) is 0. The summed E-state index contributed by atoms with van der Waals surface area (Å²) in [4.78, 5) is 11.6. The number of nitrogens with two attached hydrogens (primary N) is 1. The molecule has 0 heterocycles. The van der Waals surface area contributed by atoms with Crippen molar-refractivity contribution in [2.24, 2.45) is 16.6 Å². The van der Waals surface area contributed by atoms with Gasteiger partial charge in [-0.25, -0.2) is 0 Å². The molecule has 0 aromatic rings. The molecule has 0 aliphatic heterocycles. The Bertz CT molecular complexity index is 225. The second-order valence-corrected chi connectivity index (χ2v) is 4.69. The smallest absolute Gasteiger partial charge is 0.312 e. The monoisotopic (exact) mass is 185 g/mol. The van der Waals surface area contributed by atoms with E-state index >= 15 is 0 Å². The molecule has 1 saturated carbocycles. The van der Waals surface area contributed by atoms with E-state index in [1.54, 1.807) is 0 Å². The van der Waals surface area contributed by atoms with Gasteiger partial charge in [0.15, 0.2) is 0 Å². The van der Waals surface area contributed by atoms with Crippen molar-refractivity contribution in [3.05, 3.63) is 0 Å². The molecule has 0 spiro atoms. The van der Waals surface area contributed by atoms with Gasteiger partial charge in [-0.3, -0.25) is 4.79 Å². The molecule has 0 amide bonds. The van der Waals surface area contributed by atoms with E-state index in [1.165, 1.54) is 7.11 Å². The summed E-state index contributed by atoms with van der Waals surface area (Å²) in [5.41, 5.74) is 5.39. The number of carbonyl (C=O) groups excluding carboxylic acids is 1. The molecule has 3 nitrogen and oxygen atoms in total. The summed E-state index contributed by atoms with van der Waals surface area (Å²) in [5.74, 6) is -0.134. The van der Waals surface area contributed by atoms with Crippen molar-refractivity contribution < 1.29 is 9.53 Å². The molecule has 1 rings (SSSR count). The Kier molecular flexibility index (Phi) is 2.41. The van der Waals surface area contributed by atoms with Gasteiger partial charge in [-0.2, -0.15) is 0 Å². The Hall–Kier alpha value is -0.570. The minimum absolute atomic E-state index is 0.0941. The Morgan fingerprint density at radius 2 is 2.00 bits per heavy atom. The zero-order chi connectivity index (χ0) is 10.3. The van der Waals surface area contributed by atoms with Crippen LogP contribution in [0.4, 0.5) is 0 Å². The molecular weight excluding hydrogens is 166 g/mol. The van der Waals surface area contributed by atoms with Crippen molar-refractivity contribution in [2.45, 2.75) is 39.7 Å². The van der Waals surface area contributed by atoms with E-state index in [1.807, 2.05) is 20.8 Å². The van der Waals surface area contributed by atoms with E-state index in [9.17, 15) is 4.79 Å². The number of hydrogen-bond acceptors (Lipinski definition) is 3. The van der Waals surface area contributed by atoms with Crippen LogP contribution in [0.5, 0.6) is 0 Å². The number of ether oxygens (including phenoxy) is 1. The van der Waals surface area contributed by atoms with E-state index < -0.39 is 5.41 Å². The molecule has 76 valence electrons. The molecule has 2 atom stereocenters. The largest absolute Gasteiger partial charge is 0.469 e. The Morgan fingerprint density at radius 3 is 2.31 bits per heavy atom. The van der Waals surface area contributed by atoms with Crippen molar-refractivity contribution in [3.63, 3.8) is 0 Å². The van der Waals surface area contributed by atoms with Crippen LogP contribution >= 0.6 is 0 Å². The Morgan fingerprint density at radius 1 is 1.46 bits per heavy atom. The van der Waals surface area contributed by atoms with Crippen LogP contribution in [0.1, 0.15) is 33.6 Å². The molecule has 0 unspecified atom stereocenters. The standard InChI is InChI=1S/C10H19NO2/c1-9(2)7(11)5-6-10(9,3)8(12)13-4/h7H,5-6,11H2,1-4H3/t7-,10-/m1/s1. The van der Waals surface area contributed by atoms with Gasteiger partial charge in [0, 0.05) is 6.04 Å². The molecule has 0 saturated heterocycles. The zero-order valence-electron chi connectivity index (χ0n) is 8.89. The molecule has 1 aliphatic rings. The van der Waals surface area contributed by atoms with Crippen LogP contribution in [0.25, 0.3) is 0 Å². The highest BCUT2D eigenvalue weighted by Crippen LogP contribution is 2.52. The number of esters is 1. The van der Waals surface area contributed by atoms with Gasteiger partial charge in [0.25, 0.3) is 0 Å².